The normalized spacial score (nSPS) is 20.9. The van der Waals surface area contributed by atoms with Crippen LogP contribution in [0.2, 0.25) is 5.02 Å². The number of nitrogens with zero attached hydrogens (tertiary/aromatic N) is 1. The minimum Gasteiger partial charge on any atom is -0.343 e. The van der Waals surface area contributed by atoms with Crippen LogP contribution >= 0.6 is 11.6 Å². The lowest BCUT2D eigenvalue weighted by Gasteiger charge is -2.30. The quantitative estimate of drug-likeness (QED) is 0.799. The standard InChI is InChI=1S/C11H11ClN2O2/c1-7-11(16)14(6-10(15)13-7)9-4-2-8(12)3-5-9/h2-5,7H,6H2,1H3,(H,13,15). The summed E-state index contributed by atoms with van der Waals surface area (Å²) in [5.74, 6) is -0.260. The lowest BCUT2D eigenvalue weighted by Crippen LogP contribution is -2.57. The lowest BCUT2D eigenvalue weighted by atomic mass is 10.2. The summed E-state index contributed by atoms with van der Waals surface area (Å²) in [4.78, 5) is 24.6. The van der Waals surface area contributed by atoms with Crippen LogP contribution in [0.5, 0.6) is 0 Å². The molecule has 1 saturated heterocycles. The number of amides is 2. The van der Waals surface area contributed by atoms with Gasteiger partial charge in [0.15, 0.2) is 0 Å². The number of rotatable bonds is 1. The van der Waals surface area contributed by atoms with Gasteiger partial charge in [0.2, 0.25) is 11.8 Å². The largest absolute Gasteiger partial charge is 0.343 e. The molecule has 0 spiro atoms. The maximum Gasteiger partial charge on any atom is 0.249 e. The summed E-state index contributed by atoms with van der Waals surface area (Å²) in [5, 5.41) is 3.19. The number of piperazine rings is 1. The molecule has 0 radical (unpaired) electrons. The van der Waals surface area contributed by atoms with E-state index in [2.05, 4.69) is 5.32 Å². The van der Waals surface area contributed by atoms with Crippen LogP contribution in [-0.2, 0) is 9.59 Å². The summed E-state index contributed by atoms with van der Waals surface area (Å²) in [5.41, 5.74) is 0.691. The van der Waals surface area contributed by atoms with Crippen molar-refractivity contribution in [1.29, 1.82) is 0 Å². The highest BCUT2D eigenvalue weighted by molar-refractivity contribution is 6.30. The molecule has 1 unspecified atom stereocenters. The molecule has 1 atom stereocenters. The summed E-state index contributed by atoms with van der Waals surface area (Å²) in [6.45, 7) is 1.73. The third kappa shape index (κ3) is 2.02. The molecule has 1 aromatic carbocycles. The zero-order valence-corrected chi connectivity index (χ0v) is 9.49. The van der Waals surface area contributed by atoms with Gasteiger partial charge in [-0.15, -0.1) is 0 Å². The second-order valence-corrected chi connectivity index (χ2v) is 4.13. The molecule has 2 rings (SSSR count). The van der Waals surface area contributed by atoms with Gasteiger partial charge in [-0.05, 0) is 31.2 Å². The van der Waals surface area contributed by atoms with Crippen molar-refractivity contribution in [3.8, 4) is 0 Å². The van der Waals surface area contributed by atoms with E-state index in [1.165, 1.54) is 4.90 Å². The molecule has 5 heteroatoms. The van der Waals surface area contributed by atoms with Crippen molar-refractivity contribution < 1.29 is 9.59 Å². The zero-order chi connectivity index (χ0) is 11.7. The number of anilines is 1. The number of hydrogen-bond donors (Lipinski definition) is 1. The molecule has 1 aliphatic rings. The van der Waals surface area contributed by atoms with Gasteiger partial charge in [-0.25, -0.2) is 0 Å². The summed E-state index contributed by atoms with van der Waals surface area (Å²) in [6.07, 6.45) is 0. The second kappa shape index (κ2) is 4.14. The molecule has 84 valence electrons. The van der Waals surface area contributed by atoms with Crippen LogP contribution in [0.1, 0.15) is 6.92 Å². The van der Waals surface area contributed by atoms with Crippen LogP contribution in [0, 0.1) is 0 Å². The van der Waals surface area contributed by atoms with E-state index >= 15 is 0 Å². The van der Waals surface area contributed by atoms with Gasteiger partial charge in [0.05, 0.1) is 0 Å². The van der Waals surface area contributed by atoms with Crippen molar-refractivity contribution in [2.75, 3.05) is 11.4 Å². The molecular formula is C11H11ClN2O2. The summed E-state index contributed by atoms with van der Waals surface area (Å²) in [6, 6.07) is 6.37. The Bertz CT molecular complexity index is 430. The van der Waals surface area contributed by atoms with Gasteiger partial charge >= 0.3 is 0 Å². The van der Waals surface area contributed by atoms with E-state index in [-0.39, 0.29) is 18.4 Å². The monoisotopic (exact) mass is 238 g/mol. The molecule has 1 N–H and O–H groups in total. The average Bonchev–Trinajstić information content (AvgIpc) is 2.25. The molecule has 0 saturated carbocycles. The van der Waals surface area contributed by atoms with Crippen LogP contribution in [0.3, 0.4) is 0 Å². The number of carbonyl (C=O) groups is 2. The van der Waals surface area contributed by atoms with Gasteiger partial charge in [0, 0.05) is 10.7 Å². The number of carbonyl (C=O) groups excluding carboxylic acids is 2. The predicted molar refractivity (Wildman–Crippen MR) is 61.4 cm³/mol. The van der Waals surface area contributed by atoms with Crippen molar-refractivity contribution in [3.63, 3.8) is 0 Å². The Hall–Kier alpha value is -1.55. The first-order valence-electron chi connectivity index (χ1n) is 4.94. The van der Waals surface area contributed by atoms with E-state index in [4.69, 9.17) is 11.6 Å². The Morgan fingerprint density at radius 1 is 1.31 bits per heavy atom. The molecule has 2 amide bonds. The molecule has 1 fully saturated rings. The highest BCUT2D eigenvalue weighted by atomic mass is 35.5. The Kier molecular flexibility index (Phi) is 2.83. The molecule has 0 aromatic heterocycles. The molecule has 16 heavy (non-hydrogen) atoms. The van der Waals surface area contributed by atoms with Crippen LogP contribution in [0.15, 0.2) is 24.3 Å². The molecule has 1 aliphatic heterocycles. The van der Waals surface area contributed by atoms with Crippen LogP contribution in [0.4, 0.5) is 5.69 Å². The Balaban J connectivity index is 2.28. The Morgan fingerprint density at radius 2 is 1.94 bits per heavy atom. The van der Waals surface area contributed by atoms with E-state index in [0.717, 1.165) is 0 Å². The SMILES string of the molecule is CC1NC(=O)CN(c2ccc(Cl)cc2)C1=O. The van der Waals surface area contributed by atoms with Crippen molar-refractivity contribution in [2.24, 2.45) is 0 Å². The van der Waals surface area contributed by atoms with E-state index in [1.807, 2.05) is 0 Å². The number of hydrogen-bond acceptors (Lipinski definition) is 2. The second-order valence-electron chi connectivity index (χ2n) is 3.69. The van der Waals surface area contributed by atoms with E-state index < -0.39 is 6.04 Å². The molecule has 1 aromatic rings. The maximum atomic E-state index is 11.8. The van der Waals surface area contributed by atoms with Crippen LogP contribution in [0.25, 0.3) is 0 Å². The minimum absolute atomic E-state index is 0.0603. The first kappa shape index (κ1) is 11.0. The minimum atomic E-state index is -0.475. The summed E-state index contributed by atoms with van der Waals surface area (Å²) in [7, 11) is 0. The van der Waals surface area contributed by atoms with Gasteiger partial charge in [0.1, 0.15) is 12.6 Å². The fourth-order valence-corrected chi connectivity index (χ4v) is 1.77. The van der Waals surface area contributed by atoms with Crippen molar-refractivity contribution in [2.45, 2.75) is 13.0 Å². The van der Waals surface area contributed by atoms with Crippen molar-refractivity contribution in [3.05, 3.63) is 29.3 Å². The summed E-state index contributed by atoms with van der Waals surface area (Å²) >= 11 is 5.76. The zero-order valence-electron chi connectivity index (χ0n) is 8.74. The molecule has 0 aliphatic carbocycles. The first-order valence-corrected chi connectivity index (χ1v) is 5.32. The fourth-order valence-electron chi connectivity index (χ4n) is 1.64. The average molecular weight is 239 g/mol. The van der Waals surface area contributed by atoms with Crippen LogP contribution < -0.4 is 10.2 Å². The van der Waals surface area contributed by atoms with Crippen molar-refractivity contribution >= 4 is 29.1 Å². The Labute approximate surface area is 98.2 Å². The summed E-state index contributed by atoms with van der Waals surface area (Å²) < 4.78 is 0. The Morgan fingerprint density at radius 3 is 2.56 bits per heavy atom. The smallest absolute Gasteiger partial charge is 0.249 e. The van der Waals surface area contributed by atoms with Gasteiger partial charge in [0.25, 0.3) is 0 Å². The number of nitrogens with one attached hydrogen (secondary N) is 1. The highest BCUT2D eigenvalue weighted by Crippen LogP contribution is 2.19. The topological polar surface area (TPSA) is 49.4 Å². The number of halogens is 1. The van der Waals surface area contributed by atoms with Crippen LogP contribution in [-0.4, -0.2) is 24.4 Å². The molecule has 1 heterocycles. The predicted octanol–water partition coefficient (Wildman–Crippen LogP) is 1.19. The first-order chi connectivity index (χ1) is 7.58. The van der Waals surface area contributed by atoms with Gasteiger partial charge in [-0.2, -0.15) is 0 Å². The van der Waals surface area contributed by atoms with Crippen molar-refractivity contribution in [1.82, 2.24) is 5.32 Å². The molecule has 4 nitrogen and oxygen atoms in total. The fraction of sp³-hybridized carbons (Fsp3) is 0.273. The van der Waals surface area contributed by atoms with Gasteiger partial charge in [-0.1, -0.05) is 11.6 Å². The molecular weight excluding hydrogens is 228 g/mol. The third-order valence-electron chi connectivity index (χ3n) is 2.45. The van der Waals surface area contributed by atoms with E-state index in [1.54, 1.807) is 31.2 Å². The number of benzene rings is 1. The highest BCUT2D eigenvalue weighted by Gasteiger charge is 2.30. The van der Waals surface area contributed by atoms with E-state index in [0.29, 0.717) is 10.7 Å². The third-order valence-corrected chi connectivity index (χ3v) is 2.71. The lowest BCUT2D eigenvalue weighted by molar-refractivity contribution is -0.130. The van der Waals surface area contributed by atoms with Gasteiger partial charge in [-0.3, -0.25) is 9.59 Å². The molecule has 0 bridgehead atoms. The maximum absolute atomic E-state index is 11.8. The van der Waals surface area contributed by atoms with E-state index in [9.17, 15) is 9.59 Å². The van der Waals surface area contributed by atoms with Gasteiger partial charge < -0.3 is 10.2 Å².